The van der Waals surface area contributed by atoms with Crippen molar-refractivity contribution < 1.29 is 4.42 Å². The van der Waals surface area contributed by atoms with Crippen molar-refractivity contribution in [3.8, 4) is 0 Å². The first-order valence-electron chi connectivity index (χ1n) is 7.88. The Hall–Kier alpha value is -1.86. The minimum Gasteiger partial charge on any atom is -0.467 e. The summed E-state index contributed by atoms with van der Waals surface area (Å²) in [5, 5.41) is 8.48. The molecule has 0 aliphatic carbocycles. The van der Waals surface area contributed by atoms with Crippen LogP contribution in [0.2, 0.25) is 0 Å². The maximum Gasteiger partial charge on any atom is 0.169 e. The Morgan fingerprint density at radius 3 is 2.74 bits per heavy atom. The maximum atomic E-state index is 5.48. The maximum absolute atomic E-state index is 5.48. The van der Waals surface area contributed by atoms with E-state index in [0.717, 1.165) is 49.3 Å². The van der Waals surface area contributed by atoms with Gasteiger partial charge in [-0.15, -0.1) is 0 Å². The number of piperazine rings is 1. The molecule has 0 amide bonds. The lowest BCUT2D eigenvalue weighted by molar-refractivity contribution is 0.174. The Balaban J connectivity index is 1.44. The normalized spacial score (nSPS) is 15.8. The summed E-state index contributed by atoms with van der Waals surface area (Å²) in [6.45, 7) is 7.58. The molecule has 2 aromatic rings. The molecule has 1 aliphatic rings. The monoisotopic (exact) mass is 333 g/mol. The van der Waals surface area contributed by atoms with Crippen LogP contribution in [0.5, 0.6) is 0 Å². The molecule has 0 aromatic carbocycles. The second-order valence-corrected chi connectivity index (χ2v) is 6.30. The Labute approximate surface area is 142 Å². The summed E-state index contributed by atoms with van der Waals surface area (Å²) < 4.78 is 7.19. The predicted molar refractivity (Wildman–Crippen MR) is 92.9 cm³/mol. The van der Waals surface area contributed by atoms with Gasteiger partial charge in [-0.1, -0.05) is 0 Å². The number of nitrogens with zero attached hydrogens (tertiary/aromatic N) is 4. The highest BCUT2D eigenvalue weighted by molar-refractivity contribution is 7.80. The van der Waals surface area contributed by atoms with Gasteiger partial charge >= 0.3 is 0 Å². The summed E-state index contributed by atoms with van der Waals surface area (Å²) >= 11 is 5.48. The van der Waals surface area contributed by atoms with E-state index in [9.17, 15) is 0 Å². The van der Waals surface area contributed by atoms with Gasteiger partial charge in [0, 0.05) is 51.5 Å². The molecule has 2 aromatic heterocycles. The standard InChI is InChI=1S/C16H23N5OS/c1-13-14(11-19(2)18-13)12-20-5-7-21(8-6-20)16(23)17-10-15-4-3-9-22-15/h3-4,9,11H,5-8,10,12H2,1-2H3,(H,17,23). The van der Waals surface area contributed by atoms with Gasteiger partial charge in [0.25, 0.3) is 0 Å². The van der Waals surface area contributed by atoms with Gasteiger partial charge in [-0.25, -0.2) is 0 Å². The Morgan fingerprint density at radius 1 is 1.35 bits per heavy atom. The summed E-state index contributed by atoms with van der Waals surface area (Å²) in [4.78, 5) is 4.68. The highest BCUT2D eigenvalue weighted by atomic mass is 32.1. The summed E-state index contributed by atoms with van der Waals surface area (Å²) in [5.41, 5.74) is 2.42. The number of aromatic nitrogens is 2. The molecule has 0 bridgehead atoms. The van der Waals surface area contributed by atoms with E-state index in [0.29, 0.717) is 6.54 Å². The number of hydrogen-bond acceptors (Lipinski definition) is 4. The smallest absolute Gasteiger partial charge is 0.169 e. The lowest BCUT2D eigenvalue weighted by atomic mass is 10.2. The third-order valence-electron chi connectivity index (χ3n) is 4.16. The minimum absolute atomic E-state index is 0.640. The Kier molecular flexibility index (Phi) is 4.97. The van der Waals surface area contributed by atoms with E-state index in [4.69, 9.17) is 16.6 Å². The van der Waals surface area contributed by atoms with Crippen molar-refractivity contribution in [3.05, 3.63) is 41.6 Å². The number of thiocarbonyl (C=S) groups is 1. The van der Waals surface area contributed by atoms with Crippen molar-refractivity contribution in [3.63, 3.8) is 0 Å². The van der Waals surface area contributed by atoms with Crippen molar-refractivity contribution in [2.24, 2.45) is 7.05 Å². The van der Waals surface area contributed by atoms with E-state index in [2.05, 4.69) is 33.3 Å². The van der Waals surface area contributed by atoms with Crippen molar-refractivity contribution in [2.75, 3.05) is 26.2 Å². The molecule has 124 valence electrons. The van der Waals surface area contributed by atoms with Crippen LogP contribution in [0.4, 0.5) is 0 Å². The molecule has 0 unspecified atom stereocenters. The fourth-order valence-corrected chi connectivity index (χ4v) is 3.10. The third kappa shape index (κ3) is 4.11. The lowest BCUT2D eigenvalue weighted by Crippen LogP contribution is -2.51. The first kappa shape index (κ1) is 16.0. The minimum atomic E-state index is 0.640. The molecular formula is C16H23N5OS. The highest BCUT2D eigenvalue weighted by Gasteiger charge is 2.20. The van der Waals surface area contributed by atoms with Gasteiger partial charge in [-0.3, -0.25) is 9.58 Å². The van der Waals surface area contributed by atoms with E-state index in [1.54, 1.807) is 6.26 Å². The third-order valence-corrected chi connectivity index (χ3v) is 4.57. The van der Waals surface area contributed by atoms with Crippen LogP contribution >= 0.6 is 12.2 Å². The van der Waals surface area contributed by atoms with Crippen LogP contribution < -0.4 is 5.32 Å². The van der Waals surface area contributed by atoms with Gasteiger partial charge in [0.2, 0.25) is 0 Å². The lowest BCUT2D eigenvalue weighted by Gasteiger charge is -2.36. The molecule has 3 rings (SSSR count). The van der Waals surface area contributed by atoms with Crippen LogP contribution in [0, 0.1) is 6.92 Å². The van der Waals surface area contributed by atoms with Crippen molar-refractivity contribution in [1.29, 1.82) is 0 Å². The Morgan fingerprint density at radius 2 is 2.13 bits per heavy atom. The number of nitrogens with one attached hydrogen (secondary N) is 1. The molecule has 7 heteroatoms. The molecule has 1 fully saturated rings. The molecule has 0 radical (unpaired) electrons. The molecule has 0 atom stereocenters. The molecule has 3 heterocycles. The first-order valence-corrected chi connectivity index (χ1v) is 8.29. The molecule has 6 nitrogen and oxygen atoms in total. The topological polar surface area (TPSA) is 49.5 Å². The van der Waals surface area contributed by atoms with Gasteiger partial charge in [0.05, 0.1) is 18.5 Å². The number of aryl methyl sites for hydroxylation is 2. The summed E-state index contributed by atoms with van der Waals surface area (Å²) in [7, 11) is 1.97. The summed E-state index contributed by atoms with van der Waals surface area (Å²) in [5.74, 6) is 0.901. The van der Waals surface area contributed by atoms with Gasteiger partial charge in [-0.2, -0.15) is 5.10 Å². The largest absolute Gasteiger partial charge is 0.467 e. The van der Waals surface area contributed by atoms with Gasteiger partial charge < -0.3 is 14.6 Å². The molecule has 0 saturated carbocycles. The van der Waals surface area contributed by atoms with Gasteiger partial charge in [0.1, 0.15) is 5.76 Å². The molecular weight excluding hydrogens is 310 g/mol. The first-order chi connectivity index (χ1) is 11.1. The molecule has 1 saturated heterocycles. The van der Waals surface area contributed by atoms with Crippen LogP contribution in [0.15, 0.2) is 29.0 Å². The van der Waals surface area contributed by atoms with E-state index in [1.165, 1.54) is 5.56 Å². The number of rotatable bonds is 4. The van der Waals surface area contributed by atoms with Crippen LogP contribution in [0.1, 0.15) is 17.0 Å². The molecule has 1 N–H and O–H groups in total. The fraction of sp³-hybridized carbons (Fsp3) is 0.500. The van der Waals surface area contributed by atoms with Gasteiger partial charge in [0.15, 0.2) is 5.11 Å². The van der Waals surface area contributed by atoms with Crippen LogP contribution in [-0.2, 0) is 20.1 Å². The molecule has 1 aliphatic heterocycles. The van der Waals surface area contributed by atoms with E-state index in [-0.39, 0.29) is 0 Å². The predicted octanol–water partition coefficient (Wildman–Crippen LogP) is 1.51. The molecule has 0 spiro atoms. The zero-order valence-electron chi connectivity index (χ0n) is 13.7. The molecule has 23 heavy (non-hydrogen) atoms. The second-order valence-electron chi connectivity index (χ2n) is 5.91. The summed E-state index contributed by atoms with van der Waals surface area (Å²) in [6.07, 6.45) is 3.79. The van der Waals surface area contributed by atoms with Crippen LogP contribution in [0.25, 0.3) is 0 Å². The average molecular weight is 333 g/mol. The fourth-order valence-electron chi connectivity index (χ4n) is 2.84. The van der Waals surface area contributed by atoms with Crippen LogP contribution in [0.3, 0.4) is 0 Å². The van der Waals surface area contributed by atoms with Crippen molar-refractivity contribution in [2.45, 2.75) is 20.0 Å². The van der Waals surface area contributed by atoms with E-state index < -0.39 is 0 Å². The van der Waals surface area contributed by atoms with Gasteiger partial charge in [-0.05, 0) is 31.3 Å². The SMILES string of the molecule is Cc1nn(C)cc1CN1CCN(C(=S)NCc2ccco2)CC1. The number of hydrogen-bond donors (Lipinski definition) is 1. The van der Waals surface area contributed by atoms with Crippen LogP contribution in [-0.4, -0.2) is 50.9 Å². The second kappa shape index (κ2) is 7.14. The van der Waals surface area contributed by atoms with Crippen molar-refractivity contribution in [1.82, 2.24) is 24.9 Å². The summed E-state index contributed by atoms with van der Waals surface area (Å²) in [6, 6.07) is 3.84. The zero-order chi connectivity index (χ0) is 16.2. The van der Waals surface area contributed by atoms with Crippen molar-refractivity contribution >= 4 is 17.3 Å². The quantitative estimate of drug-likeness (QED) is 0.856. The average Bonchev–Trinajstić information content (AvgIpc) is 3.16. The zero-order valence-corrected chi connectivity index (χ0v) is 14.5. The Bertz CT molecular complexity index is 643. The van der Waals surface area contributed by atoms with E-state index in [1.807, 2.05) is 23.9 Å². The van der Waals surface area contributed by atoms with E-state index >= 15 is 0 Å². The number of furan rings is 1. The highest BCUT2D eigenvalue weighted by Crippen LogP contribution is 2.11.